The summed E-state index contributed by atoms with van der Waals surface area (Å²) < 4.78 is 7.18. The third-order valence-corrected chi connectivity index (χ3v) is 6.73. The van der Waals surface area contributed by atoms with Crippen LogP contribution in [0.5, 0.6) is 0 Å². The van der Waals surface area contributed by atoms with Crippen molar-refractivity contribution >= 4 is 46.3 Å². The van der Waals surface area contributed by atoms with E-state index < -0.39 is 30.4 Å². The number of hydrogen-bond acceptors (Lipinski definition) is 11. The van der Waals surface area contributed by atoms with Crippen molar-refractivity contribution in [3.63, 3.8) is 0 Å². The summed E-state index contributed by atoms with van der Waals surface area (Å²) in [5, 5.41) is 50.6. The molecule has 0 amide bonds. The Labute approximate surface area is 201 Å². The first-order valence-electron chi connectivity index (χ1n) is 9.17. The van der Waals surface area contributed by atoms with E-state index in [4.69, 9.17) is 27.9 Å². The second-order valence-corrected chi connectivity index (χ2v) is 9.39. The number of rotatable bonds is 10. The summed E-state index contributed by atoms with van der Waals surface area (Å²) in [5.74, 6) is 0. The smallest absolute Gasteiger partial charge is 0.154 e. The number of aromatic nitrogens is 5. The van der Waals surface area contributed by atoms with E-state index in [0.29, 0.717) is 25.8 Å². The van der Waals surface area contributed by atoms with Gasteiger partial charge in [-0.25, -0.2) is 14.6 Å². The lowest BCUT2D eigenvalue weighted by Crippen LogP contribution is -2.39. The lowest BCUT2D eigenvalue weighted by Gasteiger charge is -2.28. The van der Waals surface area contributed by atoms with Crippen LogP contribution in [0.3, 0.4) is 0 Å². The number of ether oxygens (including phenoxy) is 1. The maximum absolute atomic E-state index is 10.9. The van der Waals surface area contributed by atoms with Gasteiger partial charge in [-0.1, -0.05) is 40.2 Å². The fourth-order valence-corrected chi connectivity index (χ4v) is 4.75. The number of aliphatic hydroxyl groups excluding tert-OH is 3. The minimum Gasteiger partial charge on any atom is -0.394 e. The fraction of sp³-hybridized carbons (Fsp3) is 0.389. The Kier molecular flexibility index (Phi) is 8.80. The van der Waals surface area contributed by atoms with Crippen LogP contribution in [0.2, 0.25) is 10.2 Å². The summed E-state index contributed by atoms with van der Waals surface area (Å²) in [7, 11) is 0. The standard InChI is InChI=1S/C18H18Cl2N6O4S2/c1-9(28)14(7-27)30-18(32-15-2-10(19)4-22-11(15)3-21)13(29)6-26-5-12(24-25-26)17-23-16(20)8-31-17/h2,4-5,8-9,13-14,18,27-29H,6-7H2,1H3/t9-,13+,14?,18?/m1/s1. The Morgan fingerprint density at radius 1 is 1.38 bits per heavy atom. The Hall–Kier alpha value is -1.82. The zero-order valence-electron chi connectivity index (χ0n) is 16.5. The molecule has 3 rings (SSSR count). The van der Waals surface area contributed by atoms with Gasteiger partial charge in [-0.15, -0.1) is 16.4 Å². The van der Waals surface area contributed by atoms with Gasteiger partial charge in [-0.2, -0.15) is 5.26 Å². The van der Waals surface area contributed by atoms with Crippen molar-refractivity contribution in [2.24, 2.45) is 0 Å². The van der Waals surface area contributed by atoms with Gasteiger partial charge in [0, 0.05) is 16.5 Å². The maximum Gasteiger partial charge on any atom is 0.154 e. The van der Waals surface area contributed by atoms with E-state index in [1.165, 1.54) is 35.2 Å². The molecule has 0 spiro atoms. The van der Waals surface area contributed by atoms with Crippen LogP contribution in [-0.4, -0.2) is 70.6 Å². The highest BCUT2D eigenvalue weighted by atomic mass is 35.5. The lowest BCUT2D eigenvalue weighted by atomic mass is 10.2. The van der Waals surface area contributed by atoms with Gasteiger partial charge in [0.05, 0.1) is 30.5 Å². The third kappa shape index (κ3) is 6.37. The normalized spacial score (nSPS) is 15.2. The lowest BCUT2D eigenvalue weighted by molar-refractivity contribution is -0.0972. The molecule has 0 aliphatic carbocycles. The monoisotopic (exact) mass is 516 g/mol. The summed E-state index contributed by atoms with van der Waals surface area (Å²) in [4.78, 5) is 8.48. The number of aliphatic hydroxyl groups is 3. The number of halogens is 2. The van der Waals surface area contributed by atoms with Crippen molar-refractivity contribution in [3.05, 3.63) is 39.7 Å². The molecule has 0 saturated heterocycles. The molecule has 0 aliphatic rings. The van der Waals surface area contributed by atoms with Gasteiger partial charge in [0.1, 0.15) is 39.6 Å². The fourth-order valence-electron chi connectivity index (χ4n) is 2.53. The predicted octanol–water partition coefficient (Wildman–Crippen LogP) is 2.21. The molecule has 14 heteroatoms. The van der Waals surface area contributed by atoms with E-state index >= 15 is 0 Å². The van der Waals surface area contributed by atoms with Crippen molar-refractivity contribution < 1.29 is 20.1 Å². The minimum atomic E-state index is -1.17. The van der Waals surface area contributed by atoms with Crippen LogP contribution in [0.4, 0.5) is 0 Å². The molecule has 3 heterocycles. The first-order valence-corrected chi connectivity index (χ1v) is 11.7. The maximum atomic E-state index is 10.9. The average Bonchev–Trinajstić information content (AvgIpc) is 3.39. The van der Waals surface area contributed by atoms with Gasteiger partial charge in [0.2, 0.25) is 0 Å². The number of thioether (sulfide) groups is 1. The molecule has 4 atom stereocenters. The second kappa shape index (κ2) is 11.4. The van der Waals surface area contributed by atoms with Crippen molar-refractivity contribution in [1.29, 1.82) is 5.26 Å². The van der Waals surface area contributed by atoms with Crippen LogP contribution in [-0.2, 0) is 11.3 Å². The molecule has 0 bridgehead atoms. The minimum absolute atomic E-state index is 0.0301. The van der Waals surface area contributed by atoms with Crippen LogP contribution in [0, 0.1) is 11.3 Å². The van der Waals surface area contributed by atoms with Crippen LogP contribution >= 0.6 is 46.3 Å². The largest absolute Gasteiger partial charge is 0.394 e. The molecule has 3 N–H and O–H groups in total. The molecular formula is C18H18Cl2N6O4S2. The Morgan fingerprint density at radius 3 is 2.78 bits per heavy atom. The number of pyridine rings is 1. The van der Waals surface area contributed by atoms with Crippen molar-refractivity contribution in [3.8, 4) is 16.8 Å². The van der Waals surface area contributed by atoms with Crippen LogP contribution < -0.4 is 0 Å². The molecular weight excluding hydrogens is 499 g/mol. The predicted molar refractivity (Wildman–Crippen MR) is 119 cm³/mol. The summed E-state index contributed by atoms with van der Waals surface area (Å²) in [6.07, 6.45) is -0.211. The first kappa shape index (κ1) is 24.8. The molecule has 170 valence electrons. The highest BCUT2D eigenvalue weighted by Crippen LogP contribution is 2.32. The van der Waals surface area contributed by atoms with Crippen LogP contribution in [0.15, 0.2) is 28.7 Å². The van der Waals surface area contributed by atoms with E-state index in [2.05, 4.69) is 20.3 Å². The summed E-state index contributed by atoms with van der Waals surface area (Å²) in [6, 6.07) is 3.48. The topological polar surface area (TPSA) is 150 Å². The van der Waals surface area contributed by atoms with E-state index in [-0.39, 0.29) is 12.2 Å². The SMILES string of the molecule is C[C@@H](O)C(CO)OC(Sc1cc(Cl)cnc1C#N)[C@@H](O)Cn1cc(-c2nc(Cl)cs2)nn1. The quantitative estimate of drug-likeness (QED) is 0.270. The molecule has 0 aliphatic heterocycles. The second-order valence-electron chi connectivity index (χ2n) is 6.56. The molecule has 3 aromatic heterocycles. The van der Waals surface area contributed by atoms with E-state index in [1.807, 2.05) is 6.07 Å². The van der Waals surface area contributed by atoms with Gasteiger partial charge >= 0.3 is 0 Å². The zero-order chi connectivity index (χ0) is 23.3. The van der Waals surface area contributed by atoms with Crippen molar-refractivity contribution in [2.75, 3.05) is 6.61 Å². The molecule has 32 heavy (non-hydrogen) atoms. The number of nitriles is 1. The molecule has 10 nitrogen and oxygen atoms in total. The number of nitrogens with zero attached hydrogens (tertiary/aromatic N) is 6. The molecule has 0 fully saturated rings. The Morgan fingerprint density at radius 2 is 2.16 bits per heavy atom. The molecule has 0 aromatic carbocycles. The summed E-state index contributed by atoms with van der Waals surface area (Å²) in [5.41, 5.74) is -0.417. The summed E-state index contributed by atoms with van der Waals surface area (Å²) in [6.45, 7) is 0.954. The van der Waals surface area contributed by atoms with Crippen LogP contribution in [0.1, 0.15) is 12.6 Å². The first-order chi connectivity index (χ1) is 15.3. The average molecular weight is 517 g/mol. The number of hydrogen-bond donors (Lipinski definition) is 3. The Bertz CT molecular complexity index is 1090. The Balaban J connectivity index is 1.82. The van der Waals surface area contributed by atoms with Gasteiger partial charge in [-0.3, -0.25) is 0 Å². The van der Waals surface area contributed by atoms with E-state index in [9.17, 15) is 20.6 Å². The highest BCUT2D eigenvalue weighted by Gasteiger charge is 2.29. The molecule has 3 aromatic rings. The molecule has 0 radical (unpaired) electrons. The van der Waals surface area contributed by atoms with E-state index in [0.717, 1.165) is 11.8 Å². The van der Waals surface area contributed by atoms with Gasteiger partial charge in [0.15, 0.2) is 5.69 Å². The third-order valence-electron chi connectivity index (χ3n) is 4.12. The molecule has 0 saturated carbocycles. The molecule has 2 unspecified atom stereocenters. The number of thiazole rings is 1. The zero-order valence-corrected chi connectivity index (χ0v) is 19.7. The van der Waals surface area contributed by atoms with Crippen molar-refractivity contribution in [2.45, 2.75) is 42.1 Å². The van der Waals surface area contributed by atoms with Gasteiger partial charge in [0.25, 0.3) is 0 Å². The van der Waals surface area contributed by atoms with Crippen molar-refractivity contribution in [1.82, 2.24) is 25.0 Å². The van der Waals surface area contributed by atoms with Crippen LogP contribution in [0.25, 0.3) is 10.7 Å². The highest BCUT2D eigenvalue weighted by molar-refractivity contribution is 7.99. The van der Waals surface area contributed by atoms with E-state index in [1.54, 1.807) is 11.6 Å². The van der Waals surface area contributed by atoms with Gasteiger partial charge < -0.3 is 20.1 Å². The van der Waals surface area contributed by atoms with Gasteiger partial charge in [-0.05, 0) is 13.0 Å². The summed E-state index contributed by atoms with van der Waals surface area (Å²) >= 11 is 14.2.